The van der Waals surface area contributed by atoms with Crippen LogP contribution >= 0.6 is 0 Å². The Morgan fingerprint density at radius 1 is 1.06 bits per heavy atom. The number of hydrogen-bond donors (Lipinski definition) is 1. The summed E-state index contributed by atoms with van der Waals surface area (Å²) in [5.74, 6) is 1.52. The van der Waals surface area contributed by atoms with Crippen LogP contribution < -0.4 is 5.32 Å². The normalized spacial score (nSPS) is 36.4. The smallest absolute Gasteiger partial charge is 0.150 e. The van der Waals surface area contributed by atoms with E-state index >= 15 is 0 Å². The topological polar surface area (TPSA) is 46.2 Å². The zero-order chi connectivity index (χ0) is 13.4. The molecule has 2 rings (SSSR count). The number of rotatable bonds is 2. The van der Waals surface area contributed by atoms with Gasteiger partial charge in [-0.1, -0.05) is 20.8 Å². The first-order valence-electron chi connectivity index (χ1n) is 7.22. The summed E-state index contributed by atoms with van der Waals surface area (Å²) in [5.41, 5.74) is 0.427. The highest BCUT2D eigenvalue weighted by atomic mass is 32.2. The molecule has 3 nitrogen and oxygen atoms in total. The standard InChI is InChI=1S/C14H27NO2S/c1-11-8-13(10-14(2,3)9-11)15-12-4-6-18(16,17)7-5-12/h11-13,15H,4-10H2,1-3H3. The predicted octanol–water partition coefficient (Wildman–Crippen LogP) is 2.37. The lowest BCUT2D eigenvalue weighted by Gasteiger charge is -2.41. The molecule has 1 saturated heterocycles. The lowest BCUT2D eigenvalue weighted by atomic mass is 9.70. The van der Waals surface area contributed by atoms with E-state index in [0.717, 1.165) is 18.8 Å². The molecule has 1 aliphatic heterocycles. The molecule has 0 spiro atoms. The first-order chi connectivity index (χ1) is 8.26. The zero-order valence-electron chi connectivity index (χ0n) is 11.9. The minimum atomic E-state index is -2.73. The van der Waals surface area contributed by atoms with Crippen LogP contribution in [0.2, 0.25) is 0 Å². The zero-order valence-corrected chi connectivity index (χ0v) is 12.7. The molecule has 1 N–H and O–H groups in total. The van der Waals surface area contributed by atoms with Gasteiger partial charge in [-0.05, 0) is 43.4 Å². The third-order valence-corrected chi connectivity index (χ3v) is 6.13. The molecule has 18 heavy (non-hydrogen) atoms. The molecule has 2 atom stereocenters. The van der Waals surface area contributed by atoms with Crippen molar-refractivity contribution in [2.75, 3.05) is 11.5 Å². The molecule has 0 amide bonds. The molecule has 2 fully saturated rings. The van der Waals surface area contributed by atoms with Gasteiger partial charge >= 0.3 is 0 Å². The SMILES string of the molecule is CC1CC(NC2CCS(=O)(=O)CC2)CC(C)(C)C1. The van der Waals surface area contributed by atoms with Crippen LogP contribution in [0.15, 0.2) is 0 Å². The summed E-state index contributed by atoms with van der Waals surface area (Å²) in [6.07, 6.45) is 5.37. The third kappa shape index (κ3) is 3.95. The molecule has 0 aromatic rings. The Morgan fingerprint density at radius 3 is 2.22 bits per heavy atom. The first-order valence-corrected chi connectivity index (χ1v) is 9.04. The van der Waals surface area contributed by atoms with E-state index in [1.807, 2.05) is 0 Å². The molecule has 0 bridgehead atoms. The average Bonchev–Trinajstić information content (AvgIpc) is 2.18. The minimum Gasteiger partial charge on any atom is -0.311 e. The summed E-state index contributed by atoms with van der Waals surface area (Å²) >= 11 is 0. The summed E-state index contributed by atoms with van der Waals surface area (Å²) in [6, 6.07) is 0.995. The second-order valence-corrected chi connectivity index (χ2v) is 9.51. The first kappa shape index (κ1) is 14.3. The fourth-order valence-electron chi connectivity index (χ4n) is 3.86. The second kappa shape index (κ2) is 5.12. The van der Waals surface area contributed by atoms with Crippen molar-refractivity contribution >= 4 is 9.84 Å². The third-order valence-electron chi connectivity index (χ3n) is 4.41. The molecule has 106 valence electrons. The minimum absolute atomic E-state index is 0.371. The van der Waals surface area contributed by atoms with Crippen molar-refractivity contribution < 1.29 is 8.42 Å². The van der Waals surface area contributed by atoms with E-state index in [1.165, 1.54) is 19.3 Å². The van der Waals surface area contributed by atoms with E-state index in [-0.39, 0.29) is 0 Å². The van der Waals surface area contributed by atoms with Crippen LogP contribution in [0, 0.1) is 11.3 Å². The lowest BCUT2D eigenvalue weighted by Crippen LogP contribution is -2.47. The van der Waals surface area contributed by atoms with Crippen LogP contribution in [-0.4, -0.2) is 32.0 Å². The number of hydrogen-bond acceptors (Lipinski definition) is 3. The molecule has 2 unspecified atom stereocenters. The Balaban J connectivity index is 1.86. The molecule has 1 heterocycles. The van der Waals surface area contributed by atoms with Gasteiger partial charge in [0, 0.05) is 12.1 Å². The predicted molar refractivity (Wildman–Crippen MR) is 75.4 cm³/mol. The van der Waals surface area contributed by atoms with Gasteiger partial charge in [0.1, 0.15) is 9.84 Å². The highest BCUT2D eigenvalue weighted by Crippen LogP contribution is 2.38. The van der Waals surface area contributed by atoms with Crippen molar-refractivity contribution in [3.8, 4) is 0 Å². The highest BCUT2D eigenvalue weighted by molar-refractivity contribution is 7.91. The van der Waals surface area contributed by atoms with E-state index in [2.05, 4.69) is 26.1 Å². The van der Waals surface area contributed by atoms with E-state index in [9.17, 15) is 8.42 Å². The summed E-state index contributed by atoms with van der Waals surface area (Å²) in [5, 5.41) is 3.72. The maximum atomic E-state index is 11.4. The van der Waals surface area contributed by atoms with Crippen LogP contribution in [0.4, 0.5) is 0 Å². The van der Waals surface area contributed by atoms with Crippen LogP contribution in [0.25, 0.3) is 0 Å². The van der Waals surface area contributed by atoms with Crippen molar-refractivity contribution in [1.29, 1.82) is 0 Å². The molecule has 4 heteroatoms. The number of sulfone groups is 1. The Bertz CT molecular complexity index is 375. The molecule has 0 aromatic heterocycles. The van der Waals surface area contributed by atoms with Crippen molar-refractivity contribution in [2.24, 2.45) is 11.3 Å². The molecule has 0 aromatic carbocycles. The summed E-state index contributed by atoms with van der Waals surface area (Å²) in [7, 11) is -2.73. The van der Waals surface area contributed by atoms with Crippen molar-refractivity contribution in [2.45, 2.75) is 65.0 Å². The van der Waals surface area contributed by atoms with Gasteiger partial charge in [0.05, 0.1) is 11.5 Å². The fourth-order valence-corrected chi connectivity index (χ4v) is 5.35. The Hall–Kier alpha value is -0.0900. The van der Waals surface area contributed by atoms with Gasteiger partial charge in [-0.3, -0.25) is 0 Å². The van der Waals surface area contributed by atoms with Gasteiger partial charge in [0.2, 0.25) is 0 Å². The van der Waals surface area contributed by atoms with Crippen LogP contribution in [0.5, 0.6) is 0 Å². The molecule has 2 aliphatic rings. The van der Waals surface area contributed by atoms with Crippen molar-refractivity contribution in [1.82, 2.24) is 5.32 Å². The Labute approximate surface area is 112 Å². The van der Waals surface area contributed by atoms with E-state index in [0.29, 0.717) is 29.0 Å². The monoisotopic (exact) mass is 273 g/mol. The molecule has 0 radical (unpaired) electrons. The molecular weight excluding hydrogens is 246 g/mol. The maximum absolute atomic E-state index is 11.4. The maximum Gasteiger partial charge on any atom is 0.150 e. The summed E-state index contributed by atoms with van der Waals surface area (Å²) in [4.78, 5) is 0. The summed E-state index contributed by atoms with van der Waals surface area (Å²) < 4.78 is 22.8. The average molecular weight is 273 g/mol. The van der Waals surface area contributed by atoms with E-state index in [4.69, 9.17) is 0 Å². The molecular formula is C14H27NO2S. The van der Waals surface area contributed by atoms with Crippen molar-refractivity contribution in [3.63, 3.8) is 0 Å². The van der Waals surface area contributed by atoms with Gasteiger partial charge in [-0.2, -0.15) is 0 Å². The Kier molecular flexibility index (Phi) is 4.07. The fraction of sp³-hybridized carbons (Fsp3) is 1.00. The van der Waals surface area contributed by atoms with Gasteiger partial charge in [-0.25, -0.2) is 8.42 Å². The summed E-state index contributed by atoms with van der Waals surface area (Å²) in [6.45, 7) is 7.03. The van der Waals surface area contributed by atoms with Crippen LogP contribution in [0.3, 0.4) is 0 Å². The molecule has 1 aliphatic carbocycles. The van der Waals surface area contributed by atoms with Gasteiger partial charge in [-0.15, -0.1) is 0 Å². The van der Waals surface area contributed by atoms with Gasteiger partial charge in [0.25, 0.3) is 0 Å². The van der Waals surface area contributed by atoms with E-state index in [1.54, 1.807) is 0 Å². The van der Waals surface area contributed by atoms with E-state index < -0.39 is 9.84 Å². The van der Waals surface area contributed by atoms with Crippen molar-refractivity contribution in [3.05, 3.63) is 0 Å². The van der Waals surface area contributed by atoms with Crippen LogP contribution in [0.1, 0.15) is 52.9 Å². The Morgan fingerprint density at radius 2 is 1.67 bits per heavy atom. The largest absolute Gasteiger partial charge is 0.311 e. The van der Waals surface area contributed by atoms with Crippen LogP contribution in [-0.2, 0) is 9.84 Å². The highest BCUT2D eigenvalue weighted by Gasteiger charge is 2.33. The van der Waals surface area contributed by atoms with Gasteiger partial charge < -0.3 is 5.32 Å². The number of nitrogens with one attached hydrogen (secondary N) is 1. The second-order valence-electron chi connectivity index (χ2n) is 7.20. The molecule has 1 saturated carbocycles. The lowest BCUT2D eigenvalue weighted by molar-refractivity contribution is 0.143. The van der Waals surface area contributed by atoms with Gasteiger partial charge in [0.15, 0.2) is 0 Å². The quantitative estimate of drug-likeness (QED) is 0.840.